The fourth-order valence-corrected chi connectivity index (χ4v) is 3.65. The maximum Gasteiger partial charge on any atom is 0.573 e. The van der Waals surface area contributed by atoms with Gasteiger partial charge in [0.15, 0.2) is 18.2 Å². The molecule has 1 N–H and O–H groups in total. The Balaban J connectivity index is 1.32. The predicted octanol–water partition coefficient (Wildman–Crippen LogP) is 5.80. The number of nitrogens with one attached hydrogen (secondary N) is 1. The second kappa shape index (κ2) is 8.79. The molecule has 0 saturated carbocycles. The number of ether oxygens (including phenoxy) is 1. The molecule has 0 aliphatic heterocycles. The van der Waals surface area contributed by atoms with E-state index >= 15 is 0 Å². The first-order chi connectivity index (χ1) is 16.7. The van der Waals surface area contributed by atoms with Crippen LogP contribution in [0.2, 0.25) is 0 Å². The molecule has 0 unspecified atom stereocenters. The minimum Gasteiger partial charge on any atom is -0.406 e. The van der Waals surface area contributed by atoms with Gasteiger partial charge in [0.1, 0.15) is 28.8 Å². The van der Waals surface area contributed by atoms with Gasteiger partial charge in [-0.05, 0) is 40.5 Å². The third kappa shape index (κ3) is 4.96. The van der Waals surface area contributed by atoms with Crippen molar-refractivity contribution in [3.63, 3.8) is 0 Å². The van der Waals surface area contributed by atoms with Crippen LogP contribution in [0.4, 0.5) is 22.0 Å². The van der Waals surface area contributed by atoms with Crippen molar-refractivity contribution in [1.29, 1.82) is 0 Å². The molecule has 176 valence electrons. The van der Waals surface area contributed by atoms with Crippen molar-refractivity contribution in [3.05, 3.63) is 96.3 Å². The van der Waals surface area contributed by atoms with Crippen molar-refractivity contribution < 1.29 is 31.4 Å². The van der Waals surface area contributed by atoms with E-state index in [1.165, 1.54) is 30.5 Å². The summed E-state index contributed by atoms with van der Waals surface area (Å²) in [6.45, 7) is 0.428. The van der Waals surface area contributed by atoms with Crippen LogP contribution in [0.5, 0.6) is 5.75 Å². The normalized spacial score (nSPS) is 11.7. The number of hydrogen-bond acceptors (Lipinski definition) is 3. The Morgan fingerprint density at radius 1 is 0.886 bits per heavy atom. The summed E-state index contributed by atoms with van der Waals surface area (Å²) in [5.74, 6) is -2.01. The van der Waals surface area contributed by atoms with Crippen LogP contribution < -0.4 is 9.42 Å². The minimum atomic E-state index is -4.73. The van der Waals surface area contributed by atoms with Crippen LogP contribution in [0, 0.1) is 11.6 Å². The second-order valence-corrected chi connectivity index (χ2v) is 7.73. The van der Waals surface area contributed by atoms with Crippen molar-refractivity contribution in [2.24, 2.45) is 0 Å². The highest BCUT2D eigenvalue weighted by molar-refractivity contribution is 5.77. The number of hydrogen-bond donors (Lipinski definition) is 1. The molecule has 2 aromatic heterocycles. The molecular formula is C25H16F5N4O+. The highest BCUT2D eigenvalue weighted by atomic mass is 19.4. The Kier molecular flexibility index (Phi) is 5.64. The maximum absolute atomic E-state index is 14.1. The van der Waals surface area contributed by atoms with E-state index in [4.69, 9.17) is 0 Å². The van der Waals surface area contributed by atoms with Gasteiger partial charge in [-0.1, -0.05) is 47.1 Å². The summed E-state index contributed by atoms with van der Waals surface area (Å²) in [6.07, 6.45) is -1.48. The highest BCUT2D eigenvalue weighted by Gasteiger charge is 2.31. The summed E-state index contributed by atoms with van der Waals surface area (Å²) in [7, 11) is 0. The van der Waals surface area contributed by atoms with Gasteiger partial charge in [-0.15, -0.1) is 13.2 Å². The predicted molar refractivity (Wildman–Crippen MR) is 117 cm³/mol. The van der Waals surface area contributed by atoms with Gasteiger partial charge in [0.25, 0.3) is 0 Å². The Hall–Kier alpha value is -4.34. The quantitative estimate of drug-likeness (QED) is 0.254. The Morgan fingerprint density at radius 3 is 2.26 bits per heavy atom. The zero-order chi connectivity index (χ0) is 24.6. The number of nitrogens with zero attached hydrogens (tertiary/aromatic N) is 3. The third-order valence-electron chi connectivity index (χ3n) is 5.29. The smallest absolute Gasteiger partial charge is 0.406 e. The van der Waals surface area contributed by atoms with E-state index in [1.54, 1.807) is 23.0 Å². The Morgan fingerprint density at radius 2 is 1.57 bits per heavy atom. The molecule has 0 bridgehead atoms. The number of fused-ring (bicyclic) bond motifs is 1. The van der Waals surface area contributed by atoms with E-state index in [0.717, 1.165) is 22.8 Å². The summed E-state index contributed by atoms with van der Waals surface area (Å²) in [5.41, 5.74) is 3.65. The van der Waals surface area contributed by atoms with Crippen molar-refractivity contribution in [2.75, 3.05) is 0 Å². The molecule has 0 radical (unpaired) electrons. The van der Waals surface area contributed by atoms with Crippen molar-refractivity contribution in [3.8, 4) is 28.3 Å². The van der Waals surface area contributed by atoms with Gasteiger partial charge in [-0.25, -0.2) is 13.8 Å². The van der Waals surface area contributed by atoms with Crippen LogP contribution in [0.25, 0.3) is 33.5 Å². The van der Waals surface area contributed by atoms with Crippen molar-refractivity contribution in [2.45, 2.75) is 12.9 Å². The molecule has 35 heavy (non-hydrogen) atoms. The Labute approximate surface area is 195 Å². The lowest BCUT2D eigenvalue weighted by Gasteiger charge is -2.09. The SMILES string of the molecule is Fc1cccc(-c2nc3cn[n+](Cc4ccc(-c5ccc(OC(F)(F)F)cc5)cc4)cc3[nH]2)c1F. The van der Waals surface area contributed by atoms with E-state index in [2.05, 4.69) is 19.8 Å². The number of halogens is 5. The van der Waals surface area contributed by atoms with Crippen LogP contribution in [0.15, 0.2) is 79.1 Å². The lowest BCUT2D eigenvalue weighted by atomic mass is 10.0. The van der Waals surface area contributed by atoms with Crippen LogP contribution >= 0.6 is 0 Å². The molecule has 0 spiro atoms. The van der Waals surface area contributed by atoms with Gasteiger partial charge in [-0.3, -0.25) is 0 Å². The maximum atomic E-state index is 14.1. The molecule has 5 rings (SSSR count). The first-order valence-corrected chi connectivity index (χ1v) is 10.4. The number of alkyl halides is 3. The average molecular weight is 483 g/mol. The molecule has 0 saturated heterocycles. The summed E-state index contributed by atoms with van der Waals surface area (Å²) >= 11 is 0. The van der Waals surface area contributed by atoms with Crippen molar-refractivity contribution >= 4 is 11.0 Å². The summed E-state index contributed by atoms with van der Waals surface area (Å²) < 4.78 is 70.2. The minimum absolute atomic E-state index is 0.0290. The number of aromatic nitrogens is 4. The lowest BCUT2D eigenvalue weighted by Crippen LogP contribution is -2.37. The fourth-order valence-electron chi connectivity index (χ4n) is 3.65. The van der Waals surface area contributed by atoms with Gasteiger partial charge in [0.05, 0.1) is 5.56 Å². The van der Waals surface area contributed by atoms with E-state index in [-0.39, 0.29) is 17.1 Å². The molecular weight excluding hydrogens is 467 g/mol. The van der Waals surface area contributed by atoms with Crippen LogP contribution in [-0.2, 0) is 6.54 Å². The number of imidazole rings is 1. The molecule has 0 aliphatic rings. The van der Waals surface area contributed by atoms with E-state index in [9.17, 15) is 22.0 Å². The van der Waals surface area contributed by atoms with Gasteiger partial charge < -0.3 is 9.72 Å². The Bertz CT molecular complexity index is 1500. The summed E-state index contributed by atoms with van der Waals surface area (Å²) in [4.78, 5) is 7.29. The second-order valence-electron chi connectivity index (χ2n) is 7.73. The molecule has 2 heterocycles. The summed E-state index contributed by atoms with van der Waals surface area (Å²) in [5, 5.41) is 4.33. The lowest BCUT2D eigenvalue weighted by molar-refractivity contribution is -0.745. The van der Waals surface area contributed by atoms with Gasteiger partial charge in [-0.2, -0.15) is 0 Å². The van der Waals surface area contributed by atoms with E-state index < -0.39 is 18.0 Å². The molecule has 0 aliphatic carbocycles. The number of H-pyrrole nitrogens is 1. The van der Waals surface area contributed by atoms with Gasteiger partial charge in [0.2, 0.25) is 6.20 Å². The van der Waals surface area contributed by atoms with Gasteiger partial charge >= 0.3 is 6.36 Å². The highest BCUT2D eigenvalue weighted by Crippen LogP contribution is 2.27. The zero-order valence-electron chi connectivity index (χ0n) is 17.9. The fraction of sp³-hybridized carbons (Fsp3) is 0.0800. The topological polar surface area (TPSA) is 54.7 Å². The first-order valence-electron chi connectivity index (χ1n) is 10.4. The molecule has 5 nitrogen and oxygen atoms in total. The molecule has 5 aromatic rings. The van der Waals surface area contributed by atoms with Crippen LogP contribution in [0.1, 0.15) is 5.56 Å². The molecule has 0 fully saturated rings. The first kappa shape index (κ1) is 22.5. The zero-order valence-corrected chi connectivity index (χ0v) is 17.9. The number of benzene rings is 3. The largest absolute Gasteiger partial charge is 0.573 e. The standard InChI is InChI=1S/C25H15F5N4O/c26-20-3-1-2-19(23(20)27)24-32-21-12-31-34(14-22(21)33-24)13-15-4-6-16(7-5-15)17-8-10-18(11-9-17)35-25(28,29)30/h1-12,14H,13H2/p+1. The monoisotopic (exact) mass is 483 g/mol. The summed E-state index contributed by atoms with van der Waals surface area (Å²) in [6, 6.07) is 17.0. The number of rotatable bonds is 5. The molecule has 10 heteroatoms. The molecule has 3 aromatic carbocycles. The third-order valence-corrected chi connectivity index (χ3v) is 5.29. The molecule has 0 atom stereocenters. The number of aromatic amines is 1. The van der Waals surface area contributed by atoms with Gasteiger partial charge in [0, 0.05) is 5.56 Å². The average Bonchev–Trinajstić information content (AvgIpc) is 3.24. The van der Waals surface area contributed by atoms with Crippen LogP contribution in [0.3, 0.4) is 0 Å². The van der Waals surface area contributed by atoms with E-state index in [1.807, 2.05) is 24.3 Å². The molecule has 0 amide bonds. The van der Waals surface area contributed by atoms with Crippen LogP contribution in [-0.4, -0.2) is 21.4 Å². The van der Waals surface area contributed by atoms with E-state index in [0.29, 0.717) is 17.6 Å². The van der Waals surface area contributed by atoms with Crippen molar-refractivity contribution in [1.82, 2.24) is 15.1 Å².